The summed E-state index contributed by atoms with van der Waals surface area (Å²) in [6.07, 6.45) is 2.22. The second kappa shape index (κ2) is 56.4. The molecule has 0 aliphatic rings. The van der Waals surface area contributed by atoms with E-state index in [4.69, 9.17) is 14.4 Å². The van der Waals surface area contributed by atoms with Gasteiger partial charge in [0.25, 0.3) is 0 Å². The van der Waals surface area contributed by atoms with E-state index in [1.54, 1.807) is 0 Å². The first-order chi connectivity index (χ1) is 8.62. The Labute approximate surface area is 123 Å². The quantitative estimate of drug-likeness (QED) is 0.405. The molecule has 0 spiro atoms. The van der Waals surface area contributed by atoms with Crippen molar-refractivity contribution in [3.05, 3.63) is 25.3 Å². The SMILES string of the molecule is C=CC(=O)OC.C=CC(=O)OC.C=O.C=O.C=O.[Fe]. The number of ether oxygens (including phenoxy) is 2. The predicted octanol–water partition coefficient (Wildman–Crippen LogP) is 0.134. The van der Waals surface area contributed by atoms with Crippen LogP contribution in [-0.2, 0) is 50.5 Å². The van der Waals surface area contributed by atoms with Crippen molar-refractivity contribution in [2.75, 3.05) is 14.2 Å². The maximum absolute atomic E-state index is 9.84. The fourth-order valence-electron chi connectivity index (χ4n) is 0.167. The van der Waals surface area contributed by atoms with Crippen LogP contribution < -0.4 is 0 Å². The molecule has 0 N–H and O–H groups in total. The average molecular weight is 318 g/mol. The minimum absolute atomic E-state index is 0. The number of carbonyl (C=O) groups excluding carboxylic acids is 5. The van der Waals surface area contributed by atoms with Gasteiger partial charge in [0.1, 0.15) is 20.4 Å². The molecular formula is C11H18FeO7. The first-order valence-corrected chi connectivity index (χ1v) is 3.89. The zero-order valence-corrected chi connectivity index (χ0v) is 12.0. The van der Waals surface area contributed by atoms with Crippen LogP contribution in [0.2, 0.25) is 0 Å². The smallest absolute Gasteiger partial charge is 0.329 e. The Morgan fingerprint density at radius 1 is 0.737 bits per heavy atom. The minimum atomic E-state index is -0.394. The molecule has 0 saturated carbocycles. The molecular weight excluding hydrogens is 300 g/mol. The molecule has 0 aliphatic heterocycles. The van der Waals surface area contributed by atoms with Crippen molar-refractivity contribution in [2.45, 2.75) is 0 Å². The van der Waals surface area contributed by atoms with E-state index in [0.29, 0.717) is 0 Å². The molecule has 8 heteroatoms. The largest absolute Gasteiger partial charge is 0.466 e. The van der Waals surface area contributed by atoms with Gasteiger partial charge in [0.15, 0.2) is 0 Å². The van der Waals surface area contributed by atoms with Crippen molar-refractivity contribution in [1.82, 2.24) is 0 Å². The third kappa shape index (κ3) is 87.7. The molecule has 0 radical (unpaired) electrons. The van der Waals surface area contributed by atoms with Gasteiger partial charge in [-0.1, -0.05) is 13.2 Å². The number of carbonyl (C=O) groups is 5. The van der Waals surface area contributed by atoms with Gasteiger partial charge in [-0.25, -0.2) is 9.59 Å². The Morgan fingerprint density at radius 2 is 0.895 bits per heavy atom. The average Bonchev–Trinajstić information content (AvgIpc) is 2.52. The van der Waals surface area contributed by atoms with Crippen molar-refractivity contribution < 1.29 is 50.5 Å². The van der Waals surface area contributed by atoms with Gasteiger partial charge in [-0.3, -0.25) is 0 Å². The van der Waals surface area contributed by atoms with Crippen molar-refractivity contribution in [1.29, 1.82) is 0 Å². The fraction of sp³-hybridized carbons (Fsp3) is 0.182. The van der Waals surface area contributed by atoms with Crippen molar-refractivity contribution in [3.63, 3.8) is 0 Å². The van der Waals surface area contributed by atoms with Crippen molar-refractivity contribution >= 4 is 32.3 Å². The van der Waals surface area contributed by atoms with E-state index in [1.165, 1.54) is 14.2 Å². The standard InChI is InChI=1S/2C4H6O2.3CH2O.Fe/c2*1-3-4(5)6-2;3*1-2;/h2*3H,1H2,2H3;3*1H2;. The third-order valence-corrected chi connectivity index (χ3v) is 0.736. The van der Waals surface area contributed by atoms with E-state index in [-0.39, 0.29) is 17.1 Å². The molecule has 0 amide bonds. The molecule has 0 aromatic rings. The molecule has 112 valence electrons. The van der Waals surface area contributed by atoms with Crippen molar-refractivity contribution in [3.8, 4) is 0 Å². The van der Waals surface area contributed by atoms with E-state index < -0.39 is 11.9 Å². The fourth-order valence-corrected chi connectivity index (χ4v) is 0.167. The van der Waals surface area contributed by atoms with E-state index in [2.05, 4.69) is 22.6 Å². The normalized spacial score (nSPS) is 4.95. The summed E-state index contributed by atoms with van der Waals surface area (Å²) in [4.78, 5) is 43.7. The monoisotopic (exact) mass is 318 g/mol. The second-order valence-electron chi connectivity index (χ2n) is 1.45. The van der Waals surface area contributed by atoms with Gasteiger partial charge in [0, 0.05) is 29.2 Å². The van der Waals surface area contributed by atoms with E-state index in [9.17, 15) is 9.59 Å². The Kier molecular flexibility index (Phi) is 107. The number of rotatable bonds is 2. The van der Waals surface area contributed by atoms with Gasteiger partial charge in [0.05, 0.1) is 14.2 Å². The van der Waals surface area contributed by atoms with Crippen LogP contribution in [-0.4, -0.2) is 46.5 Å². The van der Waals surface area contributed by atoms with E-state index in [0.717, 1.165) is 12.2 Å². The summed E-state index contributed by atoms with van der Waals surface area (Å²) in [5.41, 5.74) is 0. The maximum atomic E-state index is 9.84. The second-order valence-corrected chi connectivity index (χ2v) is 1.45. The van der Waals surface area contributed by atoms with Crippen LogP contribution in [0.3, 0.4) is 0 Å². The summed E-state index contributed by atoms with van der Waals surface area (Å²) in [5.74, 6) is -0.787. The van der Waals surface area contributed by atoms with Gasteiger partial charge in [-0.15, -0.1) is 0 Å². The van der Waals surface area contributed by atoms with Gasteiger partial charge >= 0.3 is 11.9 Å². The van der Waals surface area contributed by atoms with Gasteiger partial charge in [-0.2, -0.15) is 0 Å². The van der Waals surface area contributed by atoms with Crippen molar-refractivity contribution in [2.24, 2.45) is 0 Å². The molecule has 0 atom stereocenters. The molecule has 19 heavy (non-hydrogen) atoms. The summed E-state index contributed by atoms with van der Waals surface area (Å²) < 4.78 is 8.28. The molecule has 0 aromatic carbocycles. The molecule has 0 heterocycles. The van der Waals surface area contributed by atoms with Crippen LogP contribution in [0.5, 0.6) is 0 Å². The molecule has 7 nitrogen and oxygen atoms in total. The van der Waals surface area contributed by atoms with Gasteiger partial charge < -0.3 is 23.9 Å². The Hall–Kier alpha value is -2.05. The molecule has 0 fully saturated rings. The number of esters is 2. The van der Waals surface area contributed by atoms with Crippen LogP contribution in [0.4, 0.5) is 0 Å². The zero-order chi connectivity index (χ0) is 16.0. The Morgan fingerprint density at radius 3 is 0.895 bits per heavy atom. The molecule has 0 aliphatic carbocycles. The maximum Gasteiger partial charge on any atom is 0.329 e. The van der Waals surface area contributed by atoms with Gasteiger partial charge in [-0.05, 0) is 0 Å². The Balaban J connectivity index is -0.0000000307. The van der Waals surface area contributed by atoms with Crippen LogP contribution >= 0.6 is 0 Å². The summed E-state index contributed by atoms with van der Waals surface area (Å²) in [5, 5.41) is 0. The predicted molar refractivity (Wildman–Crippen MR) is 65.8 cm³/mol. The first-order valence-electron chi connectivity index (χ1n) is 3.89. The van der Waals surface area contributed by atoms with Crippen LogP contribution in [0, 0.1) is 0 Å². The van der Waals surface area contributed by atoms with Crippen LogP contribution in [0.15, 0.2) is 25.3 Å². The molecule has 0 rings (SSSR count). The number of hydrogen-bond donors (Lipinski definition) is 0. The number of methoxy groups -OCH3 is 2. The summed E-state index contributed by atoms with van der Waals surface area (Å²) in [6.45, 7) is 12.3. The first kappa shape index (κ1) is 36.0. The summed E-state index contributed by atoms with van der Waals surface area (Å²) in [7, 11) is 2.62. The molecule has 0 bridgehead atoms. The van der Waals surface area contributed by atoms with Crippen LogP contribution in [0.1, 0.15) is 0 Å². The molecule has 0 aromatic heterocycles. The topological polar surface area (TPSA) is 104 Å². The molecule has 0 unspecified atom stereocenters. The number of hydrogen-bond acceptors (Lipinski definition) is 7. The minimum Gasteiger partial charge on any atom is -0.466 e. The molecule has 0 saturated heterocycles. The Bertz CT molecular complexity index is 194. The van der Waals surface area contributed by atoms with E-state index in [1.807, 2.05) is 20.4 Å². The zero-order valence-electron chi connectivity index (χ0n) is 10.9. The summed E-state index contributed by atoms with van der Waals surface area (Å²) in [6, 6.07) is 0. The van der Waals surface area contributed by atoms with Gasteiger partial charge in [0.2, 0.25) is 0 Å². The van der Waals surface area contributed by atoms with Crippen LogP contribution in [0.25, 0.3) is 0 Å². The van der Waals surface area contributed by atoms with E-state index >= 15 is 0 Å². The third-order valence-electron chi connectivity index (χ3n) is 0.736. The summed E-state index contributed by atoms with van der Waals surface area (Å²) >= 11 is 0.